The number of hydrogen-bond acceptors (Lipinski definition) is 4. The van der Waals surface area contributed by atoms with E-state index in [0.717, 1.165) is 43.2 Å². The summed E-state index contributed by atoms with van der Waals surface area (Å²) in [7, 11) is -3.23. The van der Waals surface area contributed by atoms with E-state index in [0.29, 0.717) is 11.5 Å². The molecule has 0 spiro atoms. The van der Waals surface area contributed by atoms with Gasteiger partial charge in [-0.05, 0) is 60.4 Å². The molecule has 0 saturated heterocycles. The van der Waals surface area contributed by atoms with E-state index in [1.54, 1.807) is 12.1 Å². The summed E-state index contributed by atoms with van der Waals surface area (Å²) in [6.45, 7) is 2.58. The highest BCUT2D eigenvalue weighted by molar-refractivity contribution is 7.99. The number of thioether (sulfide) groups is 1. The lowest BCUT2D eigenvalue weighted by Crippen LogP contribution is -2.06. The van der Waals surface area contributed by atoms with E-state index in [1.807, 2.05) is 23.9 Å². The van der Waals surface area contributed by atoms with Crippen LogP contribution in [0.5, 0.6) is 0 Å². The number of benzene rings is 2. The third-order valence-corrected chi connectivity index (χ3v) is 12.3. The van der Waals surface area contributed by atoms with Crippen molar-refractivity contribution in [3.63, 3.8) is 0 Å². The normalized spacial score (nSPS) is 12.0. The number of sulfone groups is 1. The minimum absolute atomic E-state index is 0.225. The molecule has 272 valence electrons. The zero-order chi connectivity index (χ0) is 34.4. The Labute approximate surface area is 301 Å². The van der Waals surface area contributed by atoms with Crippen LogP contribution < -0.4 is 0 Å². The fourth-order valence-electron chi connectivity index (χ4n) is 6.25. The first-order valence-electron chi connectivity index (χ1n) is 19.9. The van der Waals surface area contributed by atoms with Crippen LogP contribution in [-0.2, 0) is 9.84 Å². The summed E-state index contributed by atoms with van der Waals surface area (Å²) in [6, 6.07) is 16.1. The highest BCUT2D eigenvalue weighted by atomic mass is 32.2. The lowest BCUT2D eigenvalue weighted by Gasteiger charge is -2.06. The molecule has 2 rings (SSSR count). The number of aliphatic hydroxyl groups excluding tert-OH is 1. The van der Waals surface area contributed by atoms with E-state index < -0.39 is 9.84 Å². The van der Waals surface area contributed by atoms with Gasteiger partial charge in [0, 0.05) is 11.5 Å². The van der Waals surface area contributed by atoms with Crippen LogP contribution in [0.15, 0.2) is 58.3 Å². The van der Waals surface area contributed by atoms with Crippen molar-refractivity contribution in [2.24, 2.45) is 0 Å². The van der Waals surface area contributed by atoms with Gasteiger partial charge in [-0.1, -0.05) is 185 Å². The molecule has 0 radical (unpaired) electrons. The smallest absolute Gasteiger partial charge is 0.178 e. The van der Waals surface area contributed by atoms with Crippen molar-refractivity contribution >= 4 is 33.8 Å². The van der Waals surface area contributed by atoms with Crippen molar-refractivity contribution in [2.45, 2.75) is 177 Å². The summed E-state index contributed by atoms with van der Waals surface area (Å²) in [6.07, 6.45) is 36.3. The van der Waals surface area contributed by atoms with Crippen LogP contribution in [0.1, 0.15) is 179 Å². The maximum absolute atomic E-state index is 12.8. The molecule has 48 heavy (non-hydrogen) atoms. The van der Waals surface area contributed by atoms with Gasteiger partial charge in [0.25, 0.3) is 0 Å². The Hall–Kier alpha value is -1.56. The summed E-state index contributed by atoms with van der Waals surface area (Å²) < 4.78 is 25.6. The Kier molecular flexibility index (Phi) is 25.9. The fourth-order valence-corrected chi connectivity index (χ4v) is 8.54. The van der Waals surface area contributed by atoms with Gasteiger partial charge in [-0.25, -0.2) is 8.42 Å². The molecule has 0 unspecified atom stereocenters. The first kappa shape index (κ1) is 42.6. The number of rotatable bonds is 32. The van der Waals surface area contributed by atoms with Crippen LogP contribution in [-0.4, -0.2) is 31.6 Å². The first-order valence-corrected chi connectivity index (χ1v) is 22.5. The average molecular weight is 699 g/mol. The quantitative estimate of drug-likeness (QED) is 0.0469. The van der Waals surface area contributed by atoms with Crippen molar-refractivity contribution in [3.8, 4) is 0 Å². The third kappa shape index (κ3) is 22.2. The number of aliphatic hydroxyl groups is 1. The van der Waals surface area contributed by atoms with Crippen molar-refractivity contribution in [3.05, 3.63) is 59.7 Å². The molecular weight excluding hydrogens is 629 g/mol. The number of hydrogen-bond donors (Lipinski definition) is 1. The van der Waals surface area contributed by atoms with E-state index in [1.165, 1.54) is 139 Å². The van der Waals surface area contributed by atoms with Crippen molar-refractivity contribution in [1.82, 2.24) is 0 Å². The topological polar surface area (TPSA) is 54.4 Å². The molecule has 0 atom stereocenters. The number of unbranched alkanes of at least 4 members (excludes halogenated alkanes) is 23. The second-order valence-corrected chi connectivity index (χ2v) is 17.1. The van der Waals surface area contributed by atoms with Crippen molar-refractivity contribution < 1.29 is 13.5 Å². The van der Waals surface area contributed by atoms with Gasteiger partial charge in [-0.2, -0.15) is 0 Å². The molecule has 0 amide bonds. The maximum atomic E-state index is 12.8. The first-order chi connectivity index (χ1) is 23.5. The summed E-state index contributed by atoms with van der Waals surface area (Å²) in [4.78, 5) is 1.76. The summed E-state index contributed by atoms with van der Waals surface area (Å²) in [5.41, 5.74) is 2.17. The zero-order valence-electron chi connectivity index (χ0n) is 30.7. The van der Waals surface area contributed by atoms with Gasteiger partial charge < -0.3 is 5.11 Å². The van der Waals surface area contributed by atoms with Crippen LogP contribution >= 0.6 is 11.8 Å². The van der Waals surface area contributed by atoms with Crippen LogP contribution in [0.3, 0.4) is 0 Å². The van der Waals surface area contributed by atoms with Gasteiger partial charge in [0.15, 0.2) is 9.84 Å². The standard InChI is InChI=1S/C43H70O3S2/c1-2-3-4-5-6-7-8-9-10-11-12-13-16-19-22-25-38-47-42-33-29-40(30-34-42)27-28-41-31-35-43(36-32-41)48(45,46)39-26-23-20-17-14-15-18-21-24-37-44/h27-36,44H,2-26,37-39H2,1H3. The van der Waals surface area contributed by atoms with E-state index >= 15 is 0 Å². The van der Waals surface area contributed by atoms with E-state index in [2.05, 4.69) is 43.3 Å². The van der Waals surface area contributed by atoms with Crippen LogP contribution in [0, 0.1) is 0 Å². The molecule has 0 aliphatic heterocycles. The predicted octanol–water partition coefficient (Wildman–Crippen LogP) is 13.5. The van der Waals surface area contributed by atoms with E-state index in [-0.39, 0.29) is 5.75 Å². The molecule has 0 aromatic heterocycles. The third-order valence-electron chi connectivity index (χ3n) is 9.43. The Balaban J connectivity index is 1.50. The highest BCUT2D eigenvalue weighted by Gasteiger charge is 2.13. The van der Waals surface area contributed by atoms with E-state index in [9.17, 15) is 8.42 Å². The Morgan fingerprint density at radius 1 is 0.500 bits per heavy atom. The zero-order valence-corrected chi connectivity index (χ0v) is 32.3. The van der Waals surface area contributed by atoms with Gasteiger partial charge in [-0.15, -0.1) is 11.8 Å². The molecule has 1 N–H and O–H groups in total. The van der Waals surface area contributed by atoms with Gasteiger partial charge in [0.05, 0.1) is 10.6 Å². The monoisotopic (exact) mass is 698 g/mol. The summed E-state index contributed by atoms with van der Waals surface area (Å²) in [5.74, 6) is 1.41. The summed E-state index contributed by atoms with van der Waals surface area (Å²) in [5, 5.41) is 8.83. The van der Waals surface area contributed by atoms with Crippen LogP contribution in [0.25, 0.3) is 12.2 Å². The van der Waals surface area contributed by atoms with Crippen molar-refractivity contribution in [2.75, 3.05) is 18.1 Å². The predicted molar refractivity (Wildman–Crippen MR) is 213 cm³/mol. The largest absolute Gasteiger partial charge is 0.396 e. The molecule has 2 aromatic carbocycles. The van der Waals surface area contributed by atoms with Crippen molar-refractivity contribution in [1.29, 1.82) is 0 Å². The molecule has 0 saturated carbocycles. The second-order valence-electron chi connectivity index (χ2n) is 13.8. The highest BCUT2D eigenvalue weighted by Crippen LogP contribution is 2.22. The molecular formula is C43H70O3S2. The fraction of sp³-hybridized carbons (Fsp3) is 0.674. The van der Waals surface area contributed by atoms with E-state index in [4.69, 9.17) is 5.11 Å². The molecule has 3 nitrogen and oxygen atoms in total. The Bertz CT molecular complexity index is 1140. The van der Waals surface area contributed by atoms with Gasteiger partial charge >= 0.3 is 0 Å². The molecule has 0 fully saturated rings. The lowest BCUT2D eigenvalue weighted by atomic mass is 10.0. The molecule has 0 aliphatic carbocycles. The lowest BCUT2D eigenvalue weighted by molar-refractivity contribution is 0.282. The second kappa shape index (κ2) is 29.2. The van der Waals surface area contributed by atoms with Gasteiger partial charge in [-0.3, -0.25) is 0 Å². The molecule has 0 aliphatic rings. The SMILES string of the molecule is CCCCCCCCCCCCCCCCCCSc1ccc(C=Cc2ccc(S(=O)(=O)CCCCCCCCCCCO)cc2)cc1. The van der Waals surface area contributed by atoms with Gasteiger partial charge in [0.2, 0.25) is 0 Å². The van der Waals surface area contributed by atoms with Gasteiger partial charge in [0.1, 0.15) is 0 Å². The Morgan fingerprint density at radius 3 is 1.31 bits per heavy atom. The Morgan fingerprint density at radius 2 is 0.875 bits per heavy atom. The molecule has 5 heteroatoms. The van der Waals surface area contributed by atoms with Crippen LogP contribution in [0.4, 0.5) is 0 Å². The maximum Gasteiger partial charge on any atom is 0.178 e. The summed E-state index contributed by atoms with van der Waals surface area (Å²) >= 11 is 1.96. The molecule has 0 heterocycles. The average Bonchev–Trinajstić information content (AvgIpc) is 3.10. The van der Waals surface area contributed by atoms with Crippen LogP contribution in [0.2, 0.25) is 0 Å². The minimum Gasteiger partial charge on any atom is -0.396 e. The molecule has 0 bridgehead atoms. The molecule has 2 aromatic rings. The minimum atomic E-state index is -3.23.